The molecule has 2 bridgehead atoms. The van der Waals surface area contributed by atoms with Crippen LogP contribution in [0.25, 0.3) is 0 Å². The lowest BCUT2D eigenvalue weighted by Crippen LogP contribution is -2.29. The summed E-state index contributed by atoms with van der Waals surface area (Å²) in [6.45, 7) is 2.24. The molecule has 150 valence electrons. The predicted octanol–water partition coefficient (Wildman–Crippen LogP) is 4.76. The highest BCUT2D eigenvalue weighted by Crippen LogP contribution is 2.47. The Morgan fingerprint density at radius 3 is 2.74 bits per heavy atom. The van der Waals surface area contributed by atoms with Crippen molar-refractivity contribution in [2.75, 3.05) is 11.5 Å². The predicted molar refractivity (Wildman–Crippen MR) is 112 cm³/mol. The Morgan fingerprint density at radius 1 is 1.26 bits per heavy atom. The van der Waals surface area contributed by atoms with Gasteiger partial charge in [-0.15, -0.1) is 11.8 Å². The van der Waals surface area contributed by atoms with Crippen LogP contribution in [0.1, 0.15) is 45.4 Å². The molecule has 3 rings (SSSR count). The lowest BCUT2D eigenvalue weighted by molar-refractivity contribution is -0.129. The number of carbonyl (C=O) groups excluding carboxylic acids is 1. The van der Waals surface area contributed by atoms with Crippen molar-refractivity contribution in [1.29, 1.82) is 0 Å². The Balaban J connectivity index is 1.39. The fraction of sp³-hybridized carbons (Fsp3) is 0.667. The molecule has 2 fully saturated rings. The highest BCUT2D eigenvalue weighted by atomic mass is 32.2. The number of thioether (sulfide) groups is 2. The fourth-order valence-corrected chi connectivity index (χ4v) is 6.65. The molecular formula is C21H31NO3S2. The van der Waals surface area contributed by atoms with Crippen LogP contribution in [-0.4, -0.2) is 40.1 Å². The molecule has 27 heavy (non-hydrogen) atoms. The summed E-state index contributed by atoms with van der Waals surface area (Å²) in [5, 5.41) is 9.09. The molecule has 2 aliphatic rings. The number of rotatable bonds is 11. The number of amides is 1. The van der Waals surface area contributed by atoms with E-state index in [1.807, 2.05) is 23.5 Å². The van der Waals surface area contributed by atoms with Crippen molar-refractivity contribution in [1.82, 2.24) is 5.48 Å². The Labute approximate surface area is 171 Å². The van der Waals surface area contributed by atoms with E-state index in [4.69, 9.17) is 9.94 Å². The van der Waals surface area contributed by atoms with Crippen LogP contribution in [0.3, 0.4) is 0 Å². The van der Waals surface area contributed by atoms with Crippen molar-refractivity contribution in [3.8, 4) is 0 Å². The van der Waals surface area contributed by atoms with Gasteiger partial charge in [0.15, 0.2) is 0 Å². The average Bonchev–Trinajstić information content (AvgIpc) is 3.29. The molecule has 2 saturated heterocycles. The number of ether oxygens (including phenoxy) is 1. The van der Waals surface area contributed by atoms with Crippen LogP contribution < -0.4 is 5.48 Å². The fourth-order valence-electron chi connectivity index (χ4n) is 4.31. The van der Waals surface area contributed by atoms with E-state index >= 15 is 0 Å². The van der Waals surface area contributed by atoms with Crippen LogP contribution in [-0.2, 0) is 9.53 Å². The van der Waals surface area contributed by atoms with Crippen LogP contribution >= 0.6 is 23.5 Å². The summed E-state index contributed by atoms with van der Waals surface area (Å²) in [7, 11) is 0. The van der Waals surface area contributed by atoms with Crippen molar-refractivity contribution in [3.63, 3.8) is 0 Å². The minimum atomic E-state index is -0.287. The lowest BCUT2D eigenvalue weighted by Gasteiger charge is -2.28. The van der Waals surface area contributed by atoms with E-state index in [1.165, 1.54) is 24.2 Å². The molecule has 5 unspecified atom stereocenters. The van der Waals surface area contributed by atoms with Crippen molar-refractivity contribution in [3.05, 3.63) is 30.3 Å². The molecule has 1 aromatic rings. The van der Waals surface area contributed by atoms with E-state index in [1.54, 1.807) is 5.48 Å². The van der Waals surface area contributed by atoms with Gasteiger partial charge in [0.05, 0.1) is 12.2 Å². The first-order valence-electron chi connectivity index (χ1n) is 10.0. The van der Waals surface area contributed by atoms with Gasteiger partial charge in [0.1, 0.15) is 0 Å². The SMILES string of the molecule is CC(CCCC(=O)NO)SCCC1C2CCC(O2)C1CSc1ccccc1. The van der Waals surface area contributed by atoms with Crippen LogP contribution in [0.5, 0.6) is 0 Å². The van der Waals surface area contributed by atoms with Gasteiger partial charge in [0, 0.05) is 22.3 Å². The van der Waals surface area contributed by atoms with Gasteiger partial charge in [-0.05, 0) is 61.8 Å². The summed E-state index contributed by atoms with van der Waals surface area (Å²) in [6.07, 6.45) is 6.88. The standard InChI is InChI=1S/C21H31NO3S2/c1-15(6-5-9-21(23)22-24)26-13-12-17-18(20-11-10-19(17)25-20)14-27-16-7-3-2-4-8-16/h2-4,7-8,15,17-20,24H,5-6,9-14H2,1H3,(H,22,23). The zero-order chi connectivity index (χ0) is 19.1. The lowest BCUT2D eigenvalue weighted by atomic mass is 9.79. The number of fused-ring (bicyclic) bond motifs is 2. The van der Waals surface area contributed by atoms with Crippen molar-refractivity contribution in [2.24, 2.45) is 11.8 Å². The molecule has 5 atom stereocenters. The monoisotopic (exact) mass is 409 g/mol. The Bertz CT molecular complexity index is 586. The number of hydrogen-bond donors (Lipinski definition) is 2. The zero-order valence-electron chi connectivity index (χ0n) is 16.0. The van der Waals surface area contributed by atoms with E-state index in [0.29, 0.717) is 35.7 Å². The average molecular weight is 410 g/mol. The van der Waals surface area contributed by atoms with E-state index in [2.05, 4.69) is 37.3 Å². The van der Waals surface area contributed by atoms with Gasteiger partial charge < -0.3 is 4.74 Å². The highest BCUT2D eigenvalue weighted by Gasteiger charge is 2.48. The summed E-state index contributed by atoms with van der Waals surface area (Å²) in [5.41, 5.74) is 1.70. The quantitative estimate of drug-likeness (QED) is 0.313. The first-order chi connectivity index (χ1) is 13.2. The summed E-state index contributed by atoms with van der Waals surface area (Å²) in [6, 6.07) is 10.7. The van der Waals surface area contributed by atoms with Crippen LogP contribution in [0.15, 0.2) is 35.2 Å². The summed E-state index contributed by atoms with van der Waals surface area (Å²) in [5.74, 6) is 3.41. The zero-order valence-corrected chi connectivity index (χ0v) is 17.6. The molecule has 0 aromatic heterocycles. The molecule has 0 aliphatic carbocycles. The van der Waals surface area contributed by atoms with E-state index in [0.717, 1.165) is 24.3 Å². The molecule has 1 amide bonds. The van der Waals surface area contributed by atoms with Crippen molar-refractivity contribution >= 4 is 29.4 Å². The smallest absolute Gasteiger partial charge is 0.243 e. The van der Waals surface area contributed by atoms with Gasteiger partial charge in [-0.25, -0.2) is 5.48 Å². The number of hydrogen-bond acceptors (Lipinski definition) is 5. The molecule has 4 nitrogen and oxygen atoms in total. The maximum absolute atomic E-state index is 11.1. The molecule has 2 heterocycles. The molecule has 6 heteroatoms. The summed E-state index contributed by atoms with van der Waals surface area (Å²) < 4.78 is 6.26. The Hall–Kier alpha value is -0.690. The van der Waals surface area contributed by atoms with Gasteiger partial charge in [-0.2, -0.15) is 11.8 Å². The number of benzene rings is 1. The van der Waals surface area contributed by atoms with Crippen LogP contribution in [0.4, 0.5) is 0 Å². The number of carbonyl (C=O) groups is 1. The minimum Gasteiger partial charge on any atom is -0.374 e. The highest BCUT2D eigenvalue weighted by molar-refractivity contribution is 7.99. The topological polar surface area (TPSA) is 58.6 Å². The number of nitrogens with one attached hydrogen (secondary N) is 1. The van der Waals surface area contributed by atoms with Crippen molar-refractivity contribution < 1.29 is 14.7 Å². The van der Waals surface area contributed by atoms with Gasteiger partial charge in [-0.1, -0.05) is 25.1 Å². The largest absolute Gasteiger partial charge is 0.374 e. The third kappa shape index (κ3) is 6.14. The van der Waals surface area contributed by atoms with Gasteiger partial charge >= 0.3 is 0 Å². The van der Waals surface area contributed by atoms with Gasteiger partial charge in [0.25, 0.3) is 0 Å². The van der Waals surface area contributed by atoms with Crippen LogP contribution in [0.2, 0.25) is 0 Å². The molecular weight excluding hydrogens is 378 g/mol. The second kappa shape index (κ2) is 10.7. The third-order valence-corrected chi connectivity index (χ3v) is 8.20. The second-order valence-electron chi connectivity index (χ2n) is 7.64. The third-order valence-electron chi connectivity index (χ3n) is 5.77. The summed E-state index contributed by atoms with van der Waals surface area (Å²) in [4.78, 5) is 12.4. The molecule has 0 radical (unpaired) electrons. The van der Waals surface area contributed by atoms with Crippen molar-refractivity contribution in [2.45, 2.75) is 67.8 Å². The normalized spacial score (nSPS) is 27.6. The molecule has 2 N–H and O–H groups in total. The molecule has 0 saturated carbocycles. The maximum atomic E-state index is 11.1. The summed E-state index contributed by atoms with van der Waals surface area (Å²) >= 11 is 3.98. The van der Waals surface area contributed by atoms with E-state index in [-0.39, 0.29) is 5.91 Å². The molecule has 1 aromatic carbocycles. The Morgan fingerprint density at radius 2 is 2.00 bits per heavy atom. The van der Waals surface area contributed by atoms with E-state index in [9.17, 15) is 4.79 Å². The minimum absolute atomic E-state index is 0.287. The second-order valence-corrected chi connectivity index (χ2v) is 10.3. The Kier molecular flexibility index (Phi) is 8.37. The molecule has 2 aliphatic heterocycles. The number of hydroxylamine groups is 1. The maximum Gasteiger partial charge on any atom is 0.243 e. The van der Waals surface area contributed by atoms with E-state index < -0.39 is 0 Å². The van der Waals surface area contributed by atoms with Gasteiger partial charge in [0.2, 0.25) is 5.91 Å². The first-order valence-corrected chi connectivity index (χ1v) is 12.1. The van der Waals surface area contributed by atoms with Gasteiger partial charge in [-0.3, -0.25) is 10.0 Å². The molecule has 0 spiro atoms. The van der Waals surface area contributed by atoms with Crippen LogP contribution in [0, 0.1) is 11.8 Å². The first kappa shape index (κ1) is 21.0.